The Hall–Kier alpha value is -2.06. The van der Waals surface area contributed by atoms with Crippen molar-refractivity contribution >= 4 is 38.9 Å². The molecule has 148 valence electrons. The number of aromatic nitrogens is 2. The van der Waals surface area contributed by atoms with Crippen molar-refractivity contribution in [3.63, 3.8) is 0 Å². The number of nitrogens with one attached hydrogen (secondary N) is 1. The summed E-state index contributed by atoms with van der Waals surface area (Å²) in [6.45, 7) is 1.87. The minimum Gasteiger partial charge on any atom is -0.323 e. The monoisotopic (exact) mass is 438 g/mol. The SMILES string of the molecule is CC(N)c1cc(Cc2ccc(NS(C)(=O)=O)cc2)n(-c2ccc(Cl)cc2Cl)n1. The van der Waals surface area contributed by atoms with Gasteiger partial charge in [-0.2, -0.15) is 5.10 Å². The molecule has 1 unspecified atom stereocenters. The number of nitrogens with two attached hydrogens (primary N) is 1. The van der Waals surface area contributed by atoms with Gasteiger partial charge in [-0.15, -0.1) is 0 Å². The van der Waals surface area contributed by atoms with Crippen molar-refractivity contribution in [1.82, 2.24) is 9.78 Å². The number of anilines is 1. The highest BCUT2D eigenvalue weighted by Gasteiger charge is 2.15. The van der Waals surface area contributed by atoms with Crippen LogP contribution in [0.3, 0.4) is 0 Å². The summed E-state index contributed by atoms with van der Waals surface area (Å²) < 4.78 is 26.9. The van der Waals surface area contributed by atoms with Gasteiger partial charge in [0.15, 0.2) is 0 Å². The zero-order valence-corrected chi connectivity index (χ0v) is 17.7. The van der Waals surface area contributed by atoms with Crippen molar-refractivity contribution in [3.05, 3.63) is 75.5 Å². The lowest BCUT2D eigenvalue weighted by atomic mass is 10.1. The molecular weight excluding hydrogens is 419 g/mol. The van der Waals surface area contributed by atoms with Crippen molar-refractivity contribution in [2.24, 2.45) is 5.73 Å². The highest BCUT2D eigenvalue weighted by atomic mass is 35.5. The molecule has 0 saturated carbocycles. The smallest absolute Gasteiger partial charge is 0.229 e. The van der Waals surface area contributed by atoms with E-state index in [1.807, 2.05) is 31.2 Å². The summed E-state index contributed by atoms with van der Waals surface area (Å²) >= 11 is 12.4. The predicted molar refractivity (Wildman–Crippen MR) is 114 cm³/mol. The van der Waals surface area contributed by atoms with Crippen LogP contribution in [-0.2, 0) is 16.4 Å². The van der Waals surface area contributed by atoms with Crippen LogP contribution in [0.1, 0.15) is 29.9 Å². The van der Waals surface area contributed by atoms with E-state index in [9.17, 15) is 8.42 Å². The first-order valence-electron chi connectivity index (χ1n) is 8.49. The maximum atomic E-state index is 11.3. The normalized spacial score (nSPS) is 12.8. The highest BCUT2D eigenvalue weighted by molar-refractivity contribution is 7.92. The van der Waals surface area contributed by atoms with E-state index in [1.54, 1.807) is 28.9 Å². The minimum absolute atomic E-state index is 0.229. The third-order valence-electron chi connectivity index (χ3n) is 4.05. The number of sulfonamides is 1. The molecule has 0 fully saturated rings. The second-order valence-electron chi connectivity index (χ2n) is 6.60. The Kier molecular flexibility index (Phi) is 6.00. The average Bonchev–Trinajstić information content (AvgIpc) is 2.99. The predicted octanol–water partition coefficient (Wildman–Crippen LogP) is 4.16. The van der Waals surface area contributed by atoms with Crippen LogP contribution >= 0.6 is 23.2 Å². The van der Waals surface area contributed by atoms with Crippen molar-refractivity contribution < 1.29 is 8.42 Å². The fourth-order valence-electron chi connectivity index (χ4n) is 2.76. The molecule has 9 heteroatoms. The molecule has 1 heterocycles. The van der Waals surface area contributed by atoms with Crippen LogP contribution in [0.5, 0.6) is 0 Å². The summed E-state index contributed by atoms with van der Waals surface area (Å²) in [5, 5.41) is 5.64. The zero-order chi connectivity index (χ0) is 20.5. The minimum atomic E-state index is -3.31. The molecule has 3 N–H and O–H groups in total. The highest BCUT2D eigenvalue weighted by Crippen LogP contribution is 2.27. The van der Waals surface area contributed by atoms with Crippen molar-refractivity contribution in [2.75, 3.05) is 11.0 Å². The van der Waals surface area contributed by atoms with Crippen LogP contribution in [0.15, 0.2) is 48.5 Å². The lowest BCUT2D eigenvalue weighted by molar-refractivity contribution is 0.607. The average molecular weight is 439 g/mol. The molecular formula is C19H20Cl2N4O2S. The van der Waals surface area contributed by atoms with Crippen LogP contribution in [0.4, 0.5) is 5.69 Å². The van der Waals surface area contributed by atoms with Gasteiger partial charge in [0.25, 0.3) is 0 Å². The Morgan fingerprint density at radius 3 is 2.39 bits per heavy atom. The lowest BCUT2D eigenvalue weighted by Gasteiger charge is -2.10. The number of rotatable bonds is 6. The number of hydrogen-bond acceptors (Lipinski definition) is 4. The molecule has 3 aromatic rings. The second-order valence-corrected chi connectivity index (χ2v) is 9.20. The summed E-state index contributed by atoms with van der Waals surface area (Å²) in [7, 11) is -3.31. The van der Waals surface area contributed by atoms with Gasteiger partial charge in [-0.1, -0.05) is 35.3 Å². The van der Waals surface area contributed by atoms with Crippen molar-refractivity contribution in [3.8, 4) is 5.69 Å². The molecule has 28 heavy (non-hydrogen) atoms. The molecule has 6 nitrogen and oxygen atoms in total. The van der Waals surface area contributed by atoms with Crippen LogP contribution < -0.4 is 10.5 Å². The lowest BCUT2D eigenvalue weighted by Crippen LogP contribution is -2.09. The largest absolute Gasteiger partial charge is 0.323 e. The van der Waals surface area contributed by atoms with E-state index in [0.717, 1.165) is 23.2 Å². The Bertz CT molecular complexity index is 1090. The summed E-state index contributed by atoms with van der Waals surface area (Å²) in [6, 6.07) is 14.1. The van der Waals surface area contributed by atoms with Crippen LogP contribution in [0.25, 0.3) is 5.69 Å². The second kappa shape index (κ2) is 8.13. The van der Waals surface area contributed by atoms with Crippen molar-refractivity contribution in [1.29, 1.82) is 0 Å². The van der Waals surface area contributed by atoms with Gasteiger partial charge >= 0.3 is 0 Å². The quantitative estimate of drug-likeness (QED) is 0.604. The van der Waals surface area contributed by atoms with Crippen LogP contribution in [0.2, 0.25) is 10.0 Å². The summed E-state index contributed by atoms with van der Waals surface area (Å²) in [4.78, 5) is 0. The maximum Gasteiger partial charge on any atom is 0.229 e. The molecule has 0 bridgehead atoms. The maximum absolute atomic E-state index is 11.3. The topological polar surface area (TPSA) is 90.0 Å². The van der Waals surface area contributed by atoms with Gasteiger partial charge in [0.05, 0.1) is 22.7 Å². The van der Waals surface area contributed by atoms with Crippen molar-refractivity contribution in [2.45, 2.75) is 19.4 Å². The molecule has 0 amide bonds. The summed E-state index contributed by atoms with van der Waals surface area (Å²) in [6.07, 6.45) is 1.68. The van der Waals surface area contributed by atoms with Gasteiger partial charge in [0.2, 0.25) is 10.0 Å². The Morgan fingerprint density at radius 1 is 1.14 bits per heavy atom. The molecule has 0 radical (unpaired) electrons. The molecule has 0 aliphatic heterocycles. The van der Waals surface area contributed by atoms with Crippen LogP contribution in [-0.4, -0.2) is 24.5 Å². The standard InChI is InChI=1S/C19H20Cl2N4O2S/c1-12(22)18-11-16(25(23-18)19-8-5-14(20)10-17(19)21)9-13-3-6-15(7-4-13)24-28(2,26)27/h3-8,10-12,24H,9,22H2,1-2H3. The first-order valence-corrected chi connectivity index (χ1v) is 11.1. The molecule has 1 aromatic heterocycles. The Balaban J connectivity index is 1.95. The number of hydrogen-bond donors (Lipinski definition) is 2. The first-order chi connectivity index (χ1) is 13.1. The van der Waals surface area contributed by atoms with E-state index in [2.05, 4.69) is 9.82 Å². The molecule has 3 rings (SSSR count). The van der Waals surface area contributed by atoms with E-state index < -0.39 is 10.0 Å². The van der Waals surface area contributed by atoms with Gasteiger partial charge in [-0.3, -0.25) is 4.72 Å². The first kappa shape index (κ1) is 20.7. The third kappa shape index (κ3) is 5.05. The summed E-state index contributed by atoms with van der Waals surface area (Å²) in [5.41, 5.74) is 9.87. The van der Waals surface area contributed by atoms with E-state index in [1.165, 1.54) is 0 Å². The molecule has 0 aliphatic carbocycles. The van der Waals surface area contributed by atoms with Gasteiger partial charge in [0.1, 0.15) is 0 Å². The fourth-order valence-corrected chi connectivity index (χ4v) is 3.82. The van der Waals surface area contributed by atoms with E-state index in [4.69, 9.17) is 28.9 Å². The van der Waals surface area contributed by atoms with Crippen LogP contribution in [0, 0.1) is 0 Å². The Morgan fingerprint density at radius 2 is 1.82 bits per heavy atom. The number of nitrogens with zero attached hydrogens (tertiary/aromatic N) is 2. The van der Waals surface area contributed by atoms with E-state index >= 15 is 0 Å². The van der Waals surface area contributed by atoms with E-state index in [-0.39, 0.29) is 6.04 Å². The molecule has 2 aromatic carbocycles. The van der Waals surface area contributed by atoms with Gasteiger partial charge in [-0.25, -0.2) is 13.1 Å². The zero-order valence-electron chi connectivity index (χ0n) is 15.4. The number of benzene rings is 2. The fraction of sp³-hybridized carbons (Fsp3) is 0.211. The Labute approximate surface area is 174 Å². The molecule has 0 aliphatic rings. The molecule has 1 atom stereocenters. The number of halogens is 2. The van der Waals surface area contributed by atoms with Gasteiger partial charge in [-0.05, 0) is 48.9 Å². The molecule has 0 saturated heterocycles. The third-order valence-corrected chi connectivity index (χ3v) is 5.19. The summed E-state index contributed by atoms with van der Waals surface area (Å²) in [5.74, 6) is 0. The van der Waals surface area contributed by atoms with Gasteiger partial charge < -0.3 is 5.73 Å². The molecule has 0 spiro atoms. The van der Waals surface area contributed by atoms with Gasteiger partial charge in [0, 0.05) is 28.9 Å². The van der Waals surface area contributed by atoms with E-state index in [0.29, 0.717) is 27.8 Å².